The largest absolute Gasteiger partial charge is 0.497 e. The maximum atomic E-state index is 12.4. The van der Waals surface area contributed by atoms with Crippen LogP contribution in [0.15, 0.2) is 59.5 Å². The Morgan fingerprint density at radius 2 is 1.62 bits per heavy atom. The van der Waals surface area contributed by atoms with Gasteiger partial charge >= 0.3 is 5.97 Å². The molecule has 0 saturated carbocycles. The van der Waals surface area contributed by atoms with Gasteiger partial charge in [0.05, 0.1) is 12.0 Å². The van der Waals surface area contributed by atoms with Crippen LogP contribution in [-0.2, 0) is 30.9 Å². The van der Waals surface area contributed by atoms with Gasteiger partial charge < -0.3 is 14.8 Å². The maximum absolute atomic E-state index is 12.4. The number of rotatable bonds is 9. The van der Waals surface area contributed by atoms with Crippen molar-refractivity contribution in [2.75, 3.05) is 7.11 Å². The molecule has 0 bridgehead atoms. The quantitative estimate of drug-likeness (QED) is 0.597. The first kappa shape index (κ1) is 22.4. The van der Waals surface area contributed by atoms with Gasteiger partial charge in [-0.25, -0.2) is 8.42 Å². The van der Waals surface area contributed by atoms with Gasteiger partial charge in [0.1, 0.15) is 11.8 Å². The molecule has 0 aliphatic rings. The van der Waals surface area contributed by atoms with Gasteiger partial charge in [-0.05, 0) is 43.7 Å². The van der Waals surface area contributed by atoms with Crippen LogP contribution in [0.1, 0.15) is 19.4 Å². The molecule has 156 valence electrons. The Kier molecular flexibility index (Phi) is 7.74. The molecule has 2 aromatic rings. The predicted molar refractivity (Wildman–Crippen MR) is 107 cm³/mol. The van der Waals surface area contributed by atoms with Crippen LogP contribution in [0.25, 0.3) is 0 Å². The van der Waals surface area contributed by atoms with Crippen LogP contribution in [0, 0.1) is 0 Å². The molecule has 0 aromatic heterocycles. The van der Waals surface area contributed by atoms with Crippen molar-refractivity contribution < 1.29 is 27.5 Å². The summed E-state index contributed by atoms with van der Waals surface area (Å²) in [7, 11) is -2.47. The van der Waals surface area contributed by atoms with E-state index in [9.17, 15) is 18.0 Å². The van der Waals surface area contributed by atoms with Crippen LogP contribution in [0.5, 0.6) is 5.75 Å². The second-order valence-electron chi connectivity index (χ2n) is 6.30. The second-order valence-corrected chi connectivity index (χ2v) is 8.02. The van der Waals surface area contributed by atoms with E-state index in [0.29, 0.717) is 12.3 Å². The standard InChI is InChI=1S/C20H24N2O6S/c1-14(22-29(25,26)18-11-9-17(27-3)10-12-18)20(24)28-15(2)19(23)21-13-16-7-5-4-6-8-16/h4-12,14-15,22H,13H2,1-3H3,(H,21,23). The molecule has 0 heterocycles. The fourth-order valence-electron chi connectivity index (χ4n) is 2.36. The van der Waals surface area contributed by atoms with Crippen molar-refractivity contribution in [2.45, 2.75) is 37.4 Å². The van der Waals surface area contributed by atoms with Gasteiger partial charge in [-0.15, -0.1) is 0 Å². The summed E-state index contributed by atoms with van der Waals surface area (Å²) in [6.45, 7) is 3.06. The highest BCUT2D eigenvalue weighted by Gasteiger charge is 2.26. The van der Waals surface area contributed by atoms with E-state index in [-0.39, 0.29) is 4.90 Å². The first-order valence-electron chi connectivity index (χ1n) is 8.91. The third-order valence-electron chi connectivity index (χ3n) is 4.03. The lowest BCUT2D eigenvalue weighted by atomic mass is 10.2. The fourth-order valence-corrected chi connectivity index (χ4v) is 3.55. The monoisotopic (exact) mass is 420 g/mol. The Labute approximate surface area is 170 Å². The molecular formula is C20H24N2O6S. The molecule has 2 rings (SSSR count). The van der Waals surface area contributed by atoms with Gasteiger partial charge in [-0.2, -0.15) is 4.72 Å². The molecule has 2 unspecified atom stereocenters. The average Bonchev–Trinajstić information content (AvgIpc) is 2.72. The molecule has 0 fully saturated rings. The summed E-state index contributed by atoms with van der Waals surface area (Å²) < 4.78 is 37.1. The van der Waals surface area contributed by atoms with Gasteiger partial charge in [-0.3, -0.25) is 9.59 Å². The lowest BCUT2D eigenvalue weighted by molar-refractivity contribution is -0.156. The molecule has 8 nitrogen and oxygen atoms in total. The number of esters is 1. The number of hydrogen-bond donors (Lipinski definition) is 2. The third kappa shape index (κ3) is 6.58. The molecule has 1 amide bonds. The van der Waals surface area contributed by atoms with Gasteiger partial charge in [-0.1, -0.05) is 30.3 Å². The van der Waals surface area contributed by atoms with Crippen molar-refractivity contribution in [1.82, 2.24) is 10.0 Å². The minimum atomic E-state index is -3.94. The Morgan fingerprint density at radius 1 is 1.00 bits per heavy atom. The number of nitrogens with one attached hydrogen (secondary N) is 2. The average molecular weight is 420 g/mol. The normalized spacial score (nSPS) is 13.2. The molecule has 2 N–H and O–H groups in total. The van der Waals surface area contributed by atoms with Crippen LogP contribution < -0.4 is 14.8 Å². The van der Waals surface area contributed by atoms with Gasteiger partial charge in [0, 0.05) is 6.54 Å². The summed E-state index contributed by atoms with van der Waals surface area (Å²) in [4.78, 5) is 24.3. The Balaban J connectivity index is 1.88. The molecule has 0 aliphatic heterocycles. The van der Waals surface area contributed by atoms with Gasteiger partial charge in [0.25, 0.3) is 5.91 Å². The van der Waals surface area contributed by atoms with E-state index in [2.05, 4.69) is 10.0 Å². The summed E-state index contributed by atoms with van der Waals surface area (Å²) in [5, 5.41) is 2.66. The third-order valence-corrected chi connectivity index (χ3v) is 5.58. The molecule has 9 heteroatoms. The zero-order valence-corrected chi connectivity index (χ0v) is 17.2. The Bertz CT molecular complexity index is 929. The lowest BCUT2D eigenvalue weighted by Gasteiger charge is -2.18. The molecule has 0 spiro atoms. The zero-order valence-electron chi connectivity index (χ0n) is 16.4. The number of amides is 1. The van der Waals surface area contributed by atoms with Crippen molar-refractivity contribution >= 4 is 21.9 Å². The SMILES string of the molecule is COc1ccc(S(=O)(=O)NC(C)C(=O)OC(C)C(=O)NCc2ccccc2)cc1. The van der Waals surface area contributed by atoms with Crippen LogP contribution in [0.3, 0.4) is 0 Å². The predicted octanol–water partition coefficient (Wildman–Crippen LogP) is 1.61. The number of benzene rings is 2. The molecule has 0 aliphatic carbocycles. The van der Waals surface area contributed by atoms with E-state index in [1.807, 2.05) is 30.3 Å². The van der Waals surface area contributed by atoms with E-state index < -0.39 is 34.0 Å². The van der Waals surface area contributed by atoms with Crippen molar-refractivity contribution in [3.05, 3.63) is 60.2 Å². The first-order valence-corrected chi connectivity index (χ1v) is 10.4. The molecule has 2 aromatic carbocycles. The number of hydrogen-bond acceptors (Lipinski definition) is 6. The molecular weight excluding hydrogens is 396 g/mol. The summed E-state index contributed by atoms with van der Waals surface area (Å²) in [5.74, 6) is -0.830. The van der Waals surface area contributed by atoms with E-state index in [1.54, 1.807) is 0 Å². The Hall–Kier alpha value is -2.91. The van der Waals surface area contributed by atoms with E-state index in [4.69, 9.17) is 9.47 Å². The highest BCUT2D eigenvalue weighted by atomic mass is 32.2. The second kappa shape index (κ2) is 10.0. The lowest BCUT2D eigenvalue weighted by Crippen LogP contribution is -2.43. The van der Waals surface area contributed by atoms with E-state index in [0.717, 1.165) is 5.56 Å². The number of carbonyl (C=O) groups is 2. The topological polar surface area (TPSA) is 111 Å². The highest BCUT2D eigenvalue weighted by Crippen LogP contribution is 2.15. The number of methoxy groups -OCH3 is 1. The molecule has 0 saturated heterocycles. The van der Waals surface area contributed by atoms with Crippen molar-refractivity contribution in [2.24, 2.45) is 0 Å². The summed E-state index contributed by atoms with van der Waals surface area (Å²) in [6.07, 6.45) is -1.07. The van der Waals surface area contributed by atoms with Crippen LogP contribution >= 0.6 is 0 Å². The number of carbonyl (C=O) groups excluding carboxylic acids is 2. The molecule has 0 radical (unpaired) electrons. The van der Waals surface area contributed by atoms with E-state index >= 15 is 0 Å². The number of sulfonamides is 1. The summed E-state index contributed by atoms with van der Waals surface area (Å²) in [6, 6.07) is 13.8. The van der Waals surface area contributed by atoms with E-state index in [1.165, 1.54) is 45.2 Å². The van der Waals surface area contributed by atoms with Crippen molar-refractivity contribution in [1.29, 1.82) is 0 Å². The van der Waals surface area contributed by atoms with Crippen LogP contribution in [0.4, 0.5) is 0 Å². The minimum Gasteiger partial charge on any atom is -0.497 e. The minimum absolute atomic E-state index is 0.0217. The van der Waals surface area contributed by atoms with Gasteiger partial charge in [0.2, 0.25) is 10.0 Å². The van der Waals surface area contributed by atoms with Crippen molar-refractivity contribution in [3.8, 4) is 5.75 Å². The van der Waals surface area contributed by atoms with Crippen LogP contribution in [0.2, 0.25) is 0 Å². The molecule has 2 atom stereocenters. The van der Waals surface area contributed by atoms with Crippen molar-refractivity contribution in [3.63, 3.8) is 0 Å². The first-order chi connectivity index (χ1) is 13.7. The summed E-state index contributed by atoms with van der Waals surface area (Å²) in [5.41, 5.74) is 0.903. The Morgan fingerprint density at radius 3 is 2.21 bits per heavy atom. The number of ether oxygens (including phenoxy) is 2. The smallest absolute Gasteiger partial charge is 0.324 e. The highest BCUT2D eigenvalue weighted by molar-refractivity contribution is 7.89. The fraction of sp³-hybridized carbons (Fsp3) is 0.300. The van der Waals surface area contributed by atoms with Crippen LogP contribution in [-0.4, -0.2) is 39.5 Å². The summed E-state index contributed by atoms with van der Waals surface area (Å²) >= 11 is 0. The zero-order chi connectivity index (χ0) is 21.4. The maximum Gasteiger partial charge on any atom is 0.324 e. The molecule has 29 heavy (non-hydrogen) atoms. The van der Waals surface area contributed by atoms with Gasteiger partial charge in [0.15, 0.2) is 6.10 Å².